The van der Waals surface area contributed by atoms with E-state index in [1.807, 2.05) is 10.6 Å². The van der Waals surface area contributed by atoms with Crippen molar-refractivity contribution < 1.29 is 24.2 Å². The second-order valence-electron chi connectivity index (χ2n) is 6.74. The minimum atomic E-state index is -0.317. The second-order valence-corrected chi connectivity index (χ2v) is 6.74. The number of carbonyl (C=O) groups is 2. The van der Waals surface area contributed by atoms with Gasteiger partial charge in [0, 0.05) is 53.8 Å². The van der Waals surface area contributed by atoms with Crippen molar-refractivity contribution in [3.63, 3.8) is 0 Å². The smallest absolute Gasteiger partial charge is 0.319 e. The largest absolute Gasteiger partial charge is 0.480 e. The number of aryl methyl sites for hydroxylation is 1. The van der Waals surface area contributed by atoms with Crippen molar-refractivity contribution >= 4 is 33.7 Å². The van der Waals surface area contributed by atoms with Crippen LogP contribution in [0.15, 0.2) is 30.7 Å². The van der Waals surface area contributed by atoms with Crippen molar-refractivity contribution in [3.05, 3.63) is 41.9 Å². The summed E-state index contributed by atoms with van der Waals surface area (Å²) < 4.78 is 12.2. The molecule has 9 nitrogen and oxygen atoms in total. The number of ketones is 2. The Labute approximate surface area is 172 Å². The van der Waals surface area contributed by atoms with Gasteiger partial charge in [-0.3, -0.25) is 9.59 Å². The van der Waals surface area contributed by atoms with Gasteiger partial charge >= 0.3 is 6.01 Å². The number of aliphatic hydroxyl groups excluding tert-OH is 1. The van der Waals surface area contributed by atoms with Crippen LogP contribution in [0.5, 0.6) is 11.9 Å². The van der Waals surface area contributed by atoms with Crippen molar-refractivity contribution in [2.24, 2.45) is 0 Å². The number of hydrogen-bond donors (Lipinski definition) is 1. The number of carbonyl (C=O) groups excluding carboxylic acids is 2. The van der Waals surface area contributed by atoms with E-state index in [1.54, 1.807) is 18.5 Å². The molecule has 3 heterocycles. The third-order valence-corrected chi connectivity index (χ3v) is 4.97. The van der Waals surface area contributed by atoms with Crippen LogP contribution in [0.1, 0.15) is 24.0 Å². The van der Waals surface area contributed by atoms with Crippen LogP contribution in [-0.4, -0.2) is 57.0 Å². The summed E-state index contributed by atoms with van der Waals surface area (Å²) in [6.07, 6.45) is 5.21. The molecule has 1 aliphatic rings. The third-order valence-electron chi connectivity index (χ3n) is 4.97. The molecule has 4 rings (SSSR count). The van der Waals surface area contributed by atoms with Crippen LogP contribution in [0, 0.1) is 0 Å². The number of hydrogen-bond acceptors (Lipinski definition) is 8. The summed E-state index contributed by atoms with van der Waals surface area (Å²) in [6, 6.07) is 3.73. The summed E-state index contributed by atoms with van der Waals surface area (Å²) >= 11 is 0. The maximum absolute atomic E-state index is 12.9. The topological polar surface area (TPSA) is 116 Å². The molecule has 0 saturated carbocycles. The van der Waals surface area contributed by atoms with Gasteiger partial charge in [0.15, 0.2) is 11.6 Å². The molecule has 1 N–H and O–H groups in total. The van der Waals surface area contributed by atoms with Gasteiger partial charge in [0.2, 0.25) is 5.88 Å². The van der Waals surface area contributed by atoms with Crippen molar-refractivity contribution in [1.29, 1.82) is 0 Å². The highest BCUT2D eigenvalue weighted by Gasteiger charge is 2.36. The van der Waals surface area contributed by atoms with E-state index in [1.165, 1.54) is 20.4 Å². The third kappa shape index (κ3) is 3.22. The molecular weight excluding hydrogens is 388 g/mol. The van der Waals surface area contributed by atoms with E-state index in [0.717, 1.165) is 5.39 Å². The molecule has 0 amide bonds. The van der Waals surface area contributed by atoms with Crippen LogP contribution in [0.25, 0.3) is 22.2 Å². The Hall–Kier alpha value is -3.59. The van der Waals surface area contributed by atoms with Crippen molar-refractivity contribution in [2.75, 3.05) is 20.8 Å². The van der Waals surface area contributed by atoms with Gasteiger partial charge in [0.25, 0.3) is 0 Å². The fraction of sp³-hybridized carbons (Fsp3) is 0.286. The summed E-state index contributed by atoms with van der Waals surface area (Å²) in [6.45, 7) is 0.567. The minimum absolute atomic E-state index is 0.0353. The molecule has 3 aromatic heterocycles. The molecule has 0 unspecified atom stereocenters. The highest BCUT2D eigenvalue weighted by atomic mass is 16.5. The lowest BCUT2D eigenvalue weighted by molar-refractivity contribution is -0.119. The van der Waals surface area contributed by atoms with Crippen LogP contribution < -0.4 is 9.47 Å². The summed E-state index contributed by atoms with van der Waals surface area (Å²) in [5.74, 6) is -0.445. The highest BCUT2D eigenvalue weighted by molar-refractivity contribution is 6.51. The number of pyridine rings is 1. The van der Waals surface area contributed by atoms with Gasteiger partial charge < -0.3 is 19.1 Å². The van der Waals surface area contributed by atoms with E-state index >= 15 is 0 Å². The highest BCUT2D eigenvalue weighted by Crippen LogP contribution is 2.41. The molecule has 0 bridgehead atoms. The second kappa shape index (κ2) is 8.03. The molecule has 0 saturated heterocycles. The number of aromatic nitrogens is 4. The molecule has 9 heteroatoms. The summed E-state index contributed by atoms with van der Waals surface area (Å²) in [4.78, 5) is 38.4. The average molecular weight is 408 g/mol. The minimum Gasteiger partial charge on any atom is -0.480 e. The van der Waals surface area contributed by atoms with Crippen LogP contribution in [0.3, 0.4) is 0 Å². The number of methoxy groups -OCH3 is 2. The molecule has 0 radical (unpaired) electrons. The first-order valence-electron chi connectivity index (χ1n) is 9.40. The first-order chi connectivity index (χ1) is 14.6. The van der Waals surface area contributed by atoms with Crippen LogP contribution in [0.2, 0.25) is 0 Å². The number of rotatable bonds is 7. The van der Waals surface area contributed by atoms with E-state index in [0.29, 0.717) is 35.3 Å². The van der Waals surface area contributed by atoms with Gasteiger partial charge in [-0.25, -0.2) is 9.97 Å². The fourth-order valence-corrected chi connectivity index (χ4v) is 3.68. The molecule has 0 aromatic carbocycles. The molecule has 3 aromatic rings. The first-order valence-corrected chi connectivity index (χ1v) is 9.40. The molecular formula is C21H20N4O5. The zero-order chi connectivity index (χ0) is 21.3. The average Bonchev–Trinajstić information content (AvgIpc) is 3.27. The van der Waals surface area contributed by atoms with Crippen molar-refractivity contribution in [3.8, 4) is 11.9 Å². The van der Waals surface area contributed by atoms with Crippen LogP contribution in [-0.2, 0) is 16.1 Å². The van der Waals surface area contributed by atoms with Gasteiger partial charge in [-0.15, -0.1) is 0 Å². The van der Waals surface area contributed by atoms with Gasteiger partial charge in [-0.05, 0) is 18.6 Å². The zero-order valence-corrected chi connectivity index (χ0v) is 16.6. The summed E-state index contributed by atoms with van der Waals surface area (Å²) in [5, 5.41) is 9.96. The summed E-state index contributed by atoms with van der Waals surface area (Å²) in [5.41, 5.74) is 2.15. The predicted molar refractivity (Wildman–Crippen MR) is 108 cm³/mol. The zero-order valence-electron chi connectivity index (χ0n) is 16.6. The molecule has 30 heavy (non-hydrogen) atoms. The van der Waals surface area contributed by atoms with E-state index in [-0.39, 0.29) is 42.1 Å². The Morgan fingerprint density at radius 2 is 1.87 bits per heavy atom. The number of Topliss-reactive ketones (excluding diaryl/α,β-unsaturated/α-hetero) is 2. The van der Waals surface area contributed by atoms with Gasteiger partial charge in [0.1, 0.15) is 5.65 Å². The molecule has 154 valence electrons. The Balaban J connectivity index is 1.97. The quantitative estimate of drug-likeness (QED) is 0.587. The van der Waals surface area contributed by atoms with E-state index < -0.39 is 0 Å². The van der Waals surface area contributed by atoms with E-state index in [2.05, 4.69) is 15.0 Å². The predicted octanol–water partition coefficient (Wildman–Crippen LogP) is 1.68. The normalized spacial score (nSPS) is 14.1. The van der Waals surface area contributed by atoms with E-state index in [9.17, 15) is 14.7 Å². The number of fused-ring (bicyclic) bond motifs is 1. The SMILES string of the molecule is COc1ncc(C2=C(c3cn(CCCO)c4ncccc34)C(=O)CC2=O)c(OC)n1. The fourth-order valence-electron chi connectivity index (χ4n) is 3.68. The molecule has 0 atom stereocenters. The molecule has 0 fully saturated rings. The van der Waals surface area contributed by atoms with Crippen LogP contribution in [0.4, 0.5) is 0 Å². The standard InChI is InChI=1S/C21H20N4O5/c1-29-20-13(10-23-21(24-20)30-2)17-15(27)9-16(28)18(17)14-11-25(7-4-8-26)19-12(14)5-3-6-22-19/h3,5-6,10-11,26H,4,7-9H2,1-2H3. The van der Waals surface area contributed by atoms with Crippen molar-refractivity contribution in [1.82, 2.24) is 19.5 Å². The van der Waals surface area contributed by atoms with Gasteiger partial charge in [-0.2, -0.15) is 4.98 Å². The number of ether oxygens (including phenoxy) is 2. The molecule has 0 spiro atoms. The van der Waals surface area contributed by atoms with Crippen LogP contribution >= 0.6 is 0 Å². The Kier molecular flexibility index (Phi) is 5.28. The lowest BCUT2D eigenvalue weighted by Crippen LogP contribution is -2.03. The maximum Gasteiger partial charge on any atom is 0.319 e. The Morgan fingerprint density at radius 1 is 1.10 bits per heavy atom. The van der Waals surface area contributed by atoms with Gasteiger partial charge in [-0.1, -0.05) is 0 Å². The van der Waals surface area contributed by atoms with E-state index in [4.69, 9.17) is 9.47 Å². The number of aliphatic hydroxyl groups is 1. The first kappa shape index (κ1) is 19.7. The molecule has 0 aliphatic heterocycles. The lowest BCUT2D eigenvalue weighted by atomic mass is 9.97. The molecule has 1 aliphatic carbocycles. The Morgan fingerprint density at radius 3 is 2.57 bits per heavy atom. The Bertz CT molecular complexity index is 1180. The lowest BCUT2D eigenvalue weighted by Gasteiger charge is -2.10. The monoisotopic (exact) mass is 408 g/mol. The van der Waals surface area contributed by atoms with Crippen molar-refractivity contribution in [2.45, 2.75) is 19.4 Å². The number of nitrogens with zero attached hydrogens (tertiary/aromatic N) is 4. The van der Waals surface area contributed by atoms with Gasteiger partial charge in [0.05, 0.1) is 26.2 Å². The summed E-state index contributed by atoms with van der Waals surface area (Å²) in [7, 11) is 2.86. The number of allylic oxidation sites excluding steroid dienone is 2. The maximum atomic E-state index is 12.9.